The fourth-order valence-corrected chi connectivity index (χ4v) is 3.57. The summed E-state index contributed by atoms with van der Waals surface area (Å²) < 4.78 is 16.0. The number of hydrogen-bond donors (Lipinski definition) is 0. The average molecular weight is 350 g/mol. The van der Waals surface area contributed by atoms with Gasteiger partial charge in [0.2, 0.25) is 5.91 Å². The maximum Gasteiger partial charge on any atom is 0.238 e. The highest BCUT2D eigenvalue weighted by atomic mass is 35.5. The number of rotatable bonds is 4. The van der Waals surface area contributed by atoms with E-state index in [-0.39, 0.29) is 30.2 Å². The molecule has 3 rings (SSSR count). The van der Waals surface area contributed by atoms with Gasteiger partial charge in [0, 0.05) is 37.8 Å². The molecule has 1 aliphatic rings. The van der Waals surface area contributed by atoms with Crippen LogP contribution in [0.3, 0.4) is 0 Å². The summed E-state index contributed by atoms with van der Waals surface area (Å²) in [5.41, 5.74) is 3.65. The minimum atomic E-state index is -0.281. The zero-order valence-electron chi connectivity index (χ0n) is 13.9. The molecule has 0 aliphatic heterocycles. The van der Waals surface area contributed by atoms with E-state index in [1.165, 1.54) is 11.6 Å². The number of hydrogen-bond acceptors (Lipinski definition) is 2. The van der Waals surface area contributed by atoms with E-state index in [1.54, 1.807) is 11.0 Å². The van der Waals surface area contributed by atoms with E-state index in [0.717, 1.165) is 24.1 Å². The van der Waals surface area contributed by atoms with Crippen molar-refractivity contribution in [2.45, 2.75) is 38.8 Å². The molecule has 1 aromatic heterocycles. The largest absolute Gasteiger partial charge is 0.334 e. The Labute approximate surface area is 146 Å². The van der Waals surface area contributed by atoms with E-state index in [0.29, 0.717) is 12.0 Å². The smallest absolute Gasteiger partial charge is 0.238 e. The highest BCUT2D eigenvalue weighted by molar-refractivity contribution is 6.27. The number of aromatic nitrogens is 2. The van der Waals surface area contributed by atoms with Crippen molar-refractivity contribution in [3.8, 4) is 0 Å². The van der Waals surface area contributed by atoms with Crippen molar-refractivity contribution in [2.75, 3.05) is 5.88 Å². The zero-order chi connectivity index (χ0) is 17.3. The third-order valence-corrected chi connectivity index (χ3v) is 4.95. The molecule has 0 spiro atoms. The summed E-state index contributed by atoms with van der Waals surface area (Å²) in [5, 5.41) is 4.48. The normalized spacial score (nSPS) is 16.8. The molecule has 1 aliphatic carbocycles. The minimum absolute atomic E-state index is 0.00217. The molecule has 1 heterocycles. The summed E-state index contributed by atoms with van der Waals surface area (Å²) in [6.45, 7) is 2.11. The fourth-order valence-electron chi connectivity index (χ4n) is 3.41. The Morgan fingerprint density at radius 3 is 3.00 bits per heavy atom. The fraction of sp³-hybridized carbons (Fsp3) is 0.444. The van der Waals surface area contributed by atoms with E-state index in [2.05, 4.69) is 5.10 Å². The summed E-state index contributed by atoms with van der Waals surface area (Å²) in [5.74, 6) is -0.542. The van der Waals surface area contributed by atoms with Gasteiger partial charge in [-0.3, -0.25) is 9.48 Å². The molecule has 0 radical (unpaired) electrons. The van der Waals surface area contributed by atoms with Gasteiger partial charge in [-0.25, -0.2) is 4.39 Å². The van der Waals surface area contributed by atoms with Gasteiger partial charge in [0.15, 0.2) is 0 Å². The Hall–Kier alpha value is -1.88. The summed E-state index contributed by atoms with van der Waals surface area (Å²) in [7, 11) is 1.90. The molecule has 6 heteroatoms. The number of benzene rings is 1. The third-order valence-electron chi connectivity index (χ3n) is 4.72. The Balaban J connectivity index is 1.86. The Bertz CT molecular complexity index is 738. The predicted molar refractivity (Wildman–Crippen MR) is 91.4 cm³/mol. The number of nitrogens with zero attached hydrogens (tertiary/aromatic N) is 3. The molecule has 0 fully saturated rings. The molecule has 1 amide bonds. The van der Waals surface area contributed by atoms with Crippen molar-refractivity contribution in [1.29, 1.82) is 0 Å². The molecular weight excluding hydrogens is 329 g/mol. The summed E-state index contributed by atoms with van der Waals surface area (Å²) in [4.78, 5) is 14.1. The molecule has 24 heavy (non-hydrogen) atoms. The van der Waals surface area contributed by atoms with Crippen molar-refractivity contribution in [3.63, 3.8) is 0 Å². The summed E-state index contributed by atoms with van der Waals surface area (Å²) in [6.07, 6.45) is 4.43. The molecule has 1 unspecified atom stereocenters. The average Bonchev–Trinajstić information content (AvgIpc) is 2.93. The third kappa shape index (κ3) is 3.31. The lowest BCUT2D eigenvalue weighted by atomic mass is 9.92. The van der Waals surface area contributed by atoms with Crippen LogP contribution in [0.4, 0.5) is 4.39 Å². The quantitative estimate of drug-likeness (QED) is 0.796. The van der Waals surface area contributed by atoms with Gasteiger partial charge in [0.05, 0.1) is 5.69 Å². The summed E-state index contributed by atoms with van der Waals surface area (Å²) in [6, 6.07) is 4.98. The number of aryl methyl sites for hydroxylation is 3. The van der Waals surface area contributed by atoms with Crippen LogP contribution in [0.5, 0.6) is 0 Å². The van der Waals surface area contributed by atoms with Crippen LogP contribution in [-0.2, 0) is 31.2 Å². The lowest BCUT2D eigenvalue weighted by Crippen LogP contribution is -2.43. The predicted octanol–water partition coefficient (Wildman–Crippen LogP) is 2.99. The Morgan fingerprint density at radius 1 is 1.50 bits per heavy atom. The van der Waals surface area contributed by atoms with Gasteiger partial charge in [-0.2, -0.15) is 5.10 Å². The molecule has 1 atom stereocenters. The van der Waals surface area contributed by atoms with E-state index < -0.39 is 0 Å². The molecule has 4 nitrogen and oxygen atoms in total. The lowest BCUT2D eigenvalue weighted by Gasteiger charge is -2.34. The van der Waals surface area contributed by atoms with Gasteiger partial charge >= 0.3 is 0 Å². The van der Waals surface area contributed by atoms with Crippen LogP contribution < -0.4 is 0 Å². The van der Waals surface area contributed by atoms with Gasteiger partial charge < -0.3 is 4.90 Å². The molecular formula is C18H21ClFN3O. The van der Waals surface area contributed by atoms with Crippen molar-refractivity contribution in [1.82, 2.24) is 14.7 Å². The van der Waals surface area contributed by atoms with Crippen molar-refractivity contribution in [3.05, 3.63) is 52.6 Å². The number of halogens is 2. The summed E-state index contributed by atoms with van der Waals surface area (Å²) >= 11 is 5.81. The van der Waals surface area contributed by atoms with Crippen molar-refractivity contribution >= 4 is 17.5 Å². The molecule has 128 valence electrons. The van der Waals surface area contributed by atoms with E-state index in [1.807, 2.05) is 30.9 Å². The highest BCUT2D eigenvalue weighted by Gasteiger charge is 2.29. The van der Waals surface area contributed by atoms with E-state index in [4.69, 9.17) is 11.6 Å². The van der Waals surface area contributed by atoms with Crippen LogP contribution in [0, 0.1) is 12.7 Å². The zero-order valence-corrected chi connectivity index (χ0v) is 14.7. The topological polar surface area (TPSA) is 38.1 Å². The molecule has 0 bridgehead atoms. The number of alkyl halides is 1. The second-order valence-corrected chi connectivity index (χ2v) is 6.63. The molecule has 1 aromatic carbocycles. The molecule has 0 saturated heterocycles. The van der Waals surface area contributed by atoms with Crippen LogP contribution in [-0.4, -0.2) is 32.5 Å². The first-order chi connectivity index (χ1) is 11.5. The molecule has 2 aromatic rings. The minimum Gasteiger partial charge on any atom is -0.334 e. The van der Waals surface area contributed by atoms with Crippen LogP contribution >= 0.6 is 11.6 Å². The number of carbonyl (C=O) groups excluding carboxylic acids is 1. The lowest BCUT2D eigenvalue weighted by molar-refractivity contribution is -0.131. The van der Waals surface area contributed by atoms with Crippen LogP contribution in [0.25, 0.3) is 0 Å². The standard InChI is InChI=1S/C18H21ClFN3O/c1-12-4-3-5-16(20)15(12)11-23(18(24)9-19)14-7-6-13-10-22(2)21-17(13)8-14/h3-5,10,14H,6-9,11H2,1-2H3. The first kappa shape index (κ1) is 17.0. The monoisotopic (exact) mass is 349 g/mol. The number of fused-ring (bicyclic) bond motifs is 1. The van der Waals surface area contributed by atoms with Gasteiger partial charge in [-0.15, -0.1) is 11.6 Å². The Kier molecular flexibility index (Phi) is 4.90. The second kappa shape index (κ2) is 6.93. The first-order valence-electron chi connectivity index (χ1n) is 8.10. The van der Waals surface area contributed by atoms with E-state index in [9.17, 15) is 9.18 Å². The van der Waals surface area contributed by atoms with Gasteiger partial charge in [-0.05, 0) is 37.0 Å². The molecule has 0 saturated carbocycles. The molecule has 0 N–H and O–H groups in total. The van der Waals surface area contributed by atoms with Crippen molar-refractivity contribution < 1.29 is 9.18 Å². The van der Waals surface area contributed by atoms with Crippen LogP contribution in [0.15, 0.2) is 24.4 Å². The van der Waals surface area contributed by atoms with Gasteiger partial charge in [-0.1, -0.05) is 12.1 Å². The highest BCUT2D eigenvalue weighted by Crippen LogP contribution is 2.26. The van der Waals surface area contributed by atoms with E-state index >= 15 is 0 Å². The van der Waals surface area contributed by atoms with Crippen LogP contribution in [0.2, 0.25) is 0 Å². The van der Waals surface area contributed by atoms with Gasteiger partial charge in [0.25, 0.3) is 0 Å². The maximum atomic E-state index is 14.2. The maximum absolute atomic E-state index is 14.2. The first-order valence-corrected chi connectivity index (χ1v) is 8.64. The Morgan fingerprint density at radius 2 is 2.29 bits per heavy atom. The number of carbonyl (C=O) groups is 1. The van der Waals surface area contributed by atoms with Gasteiger partial charge in [0.1, 0.15) is 11.7 Å². The van der Waals surface area contributed by atoms with Crippen molar-refractivity contribution in [2.24, 2.45) is 7.05 Å². The van der Waals surface area contributed by atoms with Crippen LogP contribution in [0.1, 0.15) is 28.8 Å². The number of amides is 1. The second-order valence-electron chi connectivity index (χ2n) is 6.36. The SMILES string of the molecule is Cc1cccc(F)c1CN(C(=O)CCl)C1CCc2cn(C)nc2C1.